The number of H-pyrrole nitrogens is 1. The molecule has 1 N–H and O–H groups in total. The topological polar surface area (TPSA) is 55.0 Å². The first-order valence-corrected chi connectivity index (χ1v) is 8.40. The number of hydrogen-bond donors (Lipinski definition) is 1. The summed E-state index contributed by atoms with van der Waals surface area (Å²) in [6.45, 7) is 0.233. The van der Waals surface area contributed by atoms with Gasteiger partial charge in [0.2, 0.25) is 0 Å². The maximum absolute atomic E-state index is 11.8. The summed E-state index contributed by atoms with van der Waals surface area (Å²) in [4.78, 5) is 19.4. The highest BCUT2D eigenvalue weighted by Crippen LogP contribution is 2.27. The Morgan fingerprint density at radius 3 is 2.86 bits per heavy atom. The molecule has 0 atom stereocenters. The van der Waals surface area contributed by atoms with Crippen LogP contribution < -0.4 is 0 Å². The Balaban J connectivity index is 1.38. The van der Waals surface area contributed by atoms with Gasteiger partial charge in [-0.2, -0.15) is 0 Å². The summed E-state index contributed by atoms with van der Waals surface area (Å²) in [6, 6.07) is 7.82. The first-order chi connectivity index (χ1) is 10.8. The first kappa shape index (κ1) is 15.1. The first-order valence-electron chi connectivity index (χ1n) is 8.40. The highest BCUT2D eigenvalue weighted by Gasteiger charge is 2.14. The summed E-state index contributed by atoms with van der Waals surface area (Å²) >= 11 is 0. The Bertz CT molecular complexity index is 581. The van der Waals surface area contributed by atoms with E-state index < -0.39 is 0 Å². The minimum absolute atomic E-state index is 0.115. The molecule has 0 unspecified atom stereocenters. The number of fused-ring (bicyclic) bond motifs is 1. The Morgan fingerprint density at radius 2 is 2.05 bits per heavy atom. The smallest absolute Gasteiger partial charge is 0.306 e. The van der Waals surface area contributed by atoms with Gasteiger partial charge in [0.15, 0.2) is 0 Å². The van der Waals surface area contributed by atoms with Crippen LogP contribution in [0.15, 0.2) is 24.3 Å². The lowest BCUT2D eigenvalue weighted by molar-refractivity contribution is -0.145. The molecule has 1 heterocycles. The fourth-order valence-electron chi connectivity index (χ4n) is 3.31. The third-order valence-electron chi connectivity index (χ3n) is 4.53. The van der Waals surface area contributed by atoms with Crippen molar-refractivity contribution in [2.75, 3.05) is 0 Å². The molecule has 4 heteroatoms. The predicted octanol–water partition coefficient (Wildman–Crippen LogP) is 4.36. The van der Waals surface area contributed by atoms with Crippen molar-refractivity contribution in [1.82, 2.24) is 9.97 Å². The van der Waals surface area contributed by atoms with Crippen molar-refractivity contribution in [2.24, 2.45) is 5.92 Å². The molecule has 0 bridgehead atoms. The maximum atomic E-state index is 11.8. The number of carbonyl (C=O) groups is 1. The monoisotopic (exact) mass is 300 g/mol. The lowest BCUT2D eigenvalue weighted by atomic mass is 9.86. The van der Waals surface area contributed by atoms with E-state index in [0.717, 1.165) is 23.4 Å². The van der Waals surface area contributed by atoms with Gasteiger partial charge in [0.05, 0.1) is 11.0 Å². The van der Waals surface area contributed by atoms with Gasteiger partial charge in [-0.3, -0.25) is 4.79 Å². The highest BCUT2D eigenvalue weighted by atomic mass is 16.5. The average molecular weight is 300 g/mol. The van der Waals surface area contributed by atoms with E-state index >= 15 is 0 Å². The van der Waals surface area contributed by atoms with Gasteiger partial charge in [0.1, 0.15) is 12.4 Å². The zero-order chi connectivity index (χ0) is 15.2. The Morgan fingerprint density at radius 1 is 1.23 bits per heavy atom. The standard InChI is InChI=1S/C18H24N2O2/c21-18(12-6-9-14-7-2-1-3-8-14)22-13-17-19-15-10-4-5-11-16(15)20-17/h4-5,10-11,14H,1-3,6-9,12-13H2,(H,19,20). The van der Waals surface area contributed by atoms with E-state index in [9.17, 15) is 4.79 Å². The van der Waals surface area contributed by atoms with Gasteiger partial charge >= 0.3 is 5.97 Å². The summed E-state index contributed by atoms with van der Waals surface area (Å²) in [5, 5.41) is 0. The van der Waals surface area contributed by atoms with Crippen molar-refractivity contribution in [3.63, 3.8) is 0 Å². The van der Waals surface area contributed by atoms with Crippen LogP contribution in [0.3, 0.4) is 0 Å². The fraction of sp³-hybridized carbons (Fsp3) is 0.556. The molecule has 1 aliphatic rings. The quantitative estimate of drug-likeness (QED) is 0.807. The Labute approximate surface area is 131 Å². The van der Waals surface area contributed by atoms with Crippen LogP contribution in [-0.4, -0.2) is 15.9 Å². The van der Waals surface area contributed by atoms with Crippen LogP contribution in [0, 0.1) is 5.92 Å². The SMILES string of the molecule is O=C(CCCC1CCCCC1)OCc1nc2ccccc2[nH]1. The lowest BCUT2D eigenvalue weighted by Crippen LogP contribution is -2.09. The third-order valence-corrected chi connectivity index (χ3v) is 4.53. The molecular weight excluding hydrogens is 276 g/mol. The van der Waals surface area contributed by atoms with Crippen molar-refractivity contribution in [3.8, 4) is 0 Å². The summed E-state index contributed by atoms with van der Waals surface area (Å²) in [7, 11) is 0. The lowest BCUT2D eigenvalue weighted by Gasteiger charge is -2.20. The van der Waals surface area contributed by atoms with Crippen LogP contribution >= 0.6 is 0 Å². The number of ether oxygens (including phenoxy) is 1. The second-order valence-electron chi connectivity index (χ2n) is 6.26. The van der Waals surface area contributed by atoms with Crippen LogP contribution in [0.4, 0.5) is 0 Å². The van der Waals surface area contributed by atoms with Gasteiger partial charge in [-0.1, -0.05) is 44.2 Å². The van der Waals surface area contributed by atoms with E-state index in [1.165, 1.54) is 38.5 Å². The van der Waals surface area contributed by atoms with E-state index in [4.69, 9.17) is 4.74 Å². The summed E-state index contributed by atoms with van der Waals surface area (Å²) in [5.74, 6) is 1.43. The molecule has 1 aliphatic carbocycles. The van der Waals surface area contributed by atoms with Gasteiger partial charge in [-0.05, 0) is 30.9 Å². The minimum atomic E-state index is -0.115. The van der Waals surface area contributed by atoms with Crippen molar-refractivity contribution >= 4 is 17.0 Å². The van der Waals surface area contributed by atoms with Gasteiger partial charge < -0.3 is 9.72 Å². The molecule has 1 fully saturated rings. The predicted molar refractivity (Wildman–Crippen MR) is 86.3 cm³/mol. The molecule has 1 aromatic carbocycles. The second kappa shape index (κ2) is 7.43. The van der Waals surface area contributed by atoms with Gasteiger partial charge in [0, 0.05) is 6.42 Å². The molecule has 0 spiro atoms. The number of para-hydroxylation sites is 2. The molecule has 22 heavy (non-hydrogen) atoms. The second-order valence-corrected chi connectivity index (χ2v) is 6.26. The number of hydrogen-bond acceptors (Lipinski definition) is 3. The van der Waals surface area contributed by atoms with Crippen LogP contribution in [0.1, 0.15) is 57.2 Å². The van der Waals surface area contributed by atoms with Crippen molar-refractivity contribution in [3.05, 3.63) is 30.1 Å². The molecule has 1 saturated carbocycles. The van der Waals surface area contributed by atoms with Crippen LogP contribution in [0.25, 0.3) is 11.0 Å². The van der Waals surface area contributed by atoms with Crippen molar-refractivity contribution < 1.29 is 9.53 Å². The highest BCUT2D eigenvalue weighted by molar-refractivity contribution is 5.74. The van der Waals surface area contributed by atoms with Crippen LogP contribution in [0.5, 0.6) is 0 Å². The molecule has 118 valence electrons. The van der Waals surface area contributed by atoms with E-state index in [1.807, 2.05) is 24.3 Å². The fourth-order valence-corrected chi connectivity index (χ4v) is 3.31. The molecule has 0 aliphatic heterocycles. The van der Waals surface area contributed by atoms with E-state index in [-0.39, 0.29) is 12.6 Å². The van der Waals surface area contributed by atoms with E-state index in [0.29, 0.717) is 12.2 Å². The molecular formula is C18H24N2O2. The number of rotatable bonds is 6. The normalized spacial score (nSPS) is 16.0. The van der Waals surface area contributed by atoms with Gasteiger partial charge in [-0.15, -0.1) is 0 Å². The molecule has 0 saturated heterocycles. The Kier molecular flexibility index (Phi) is 5.09. The van der Waals surface area contributed by atoms with Gasteiger partial charge in [0.25, 0.3) is 0 Å². The average Bonchev–Trinajstić information content (AvgIpc) is 2.97. The molecule has 2 aromatic rings. The molecule has 0 amide bonds. The summed E-state index contributed by atoms with van der Waals surface area (Å²) < 4.78 is 5.31. The van der Waals surface area contributed by atoms with Crippen molar-refractivity contribution in [2.45, 2.75) is 58.0 Å². The minimum Gasteiger partial charge on any atom is -0.458 e. The largest absolute Gasteiger partial charge is 0.458 e. The van der Waals surface area contributed by atoms with Crippen LogP contribution in [0.2, 0.25) is 0 Å². The van der Waals surface area contributed by atoms with Crippen LogP contribution in [-0.2, 0) is 16.1 Å². The van der Waals surface area contributed by atoms with E-state index in [2.05, 4.69) is 9.97 Å². The maximum Gasteiger partial charge on any atom is 0.306 e. The number of nitrogens with one attached hydrogen (secondary N) is 1. The molecule has 1 aromatic heterocycles. The number of aromatic amines is 1. The number of nitrogens with zero attached hydrogens (tertiary/aromatic N) is 1. The number of imidazole rings is 1. The molecule has 3 rings (SSSR count). The summed E-state index contributed by atoms with van der Waals surface area (Å²) in [5.41, 5.74) is 1.89. The summed E-state index contributed by atoms with van der Waals surface area (Å²) in [6.07, 6.45) is 9.43. The van der Waals surface area contributed by atoms with Gasteiger partial charge in [-0.25, -0.2) is 4.98 Å². The Hall–Kier alpha value is -1.84. The van der Waals surface area contributed by atoms with Crippen molar-refractivity contribution in [1.29, 1.82) is 0 Å². The third kappa shape index (κ3) is 4.09. The zero-order valence-electron chi connectivity index (χ0n) is 13.0. The number of aromatic nitrogens is 2. The number of carbonyl (C=O) groups excluding carboxylic acids is 1. The molecule has 0 radical (unpaired) electrons. The van der Waals surface area contributed by atoms with E-state index in [1.54, 1.807) is 0 Å². The number of esters is 1. The zero-order valence-corrected chi connectivity index (χ0v) is 13.0. The molecule has 4 nitrogen and oxygen atoms in total. The number of benzene rings is 1.